The van der Waals surface area contributed by atoms with Crippen molar-refractivity contribution in [3.05, 3.63) is 88.4 Å². The van der Waals surface area contributed by atoms with E-state index in [9.17, 15) is 19.5 Å². The zero-order valence-electron chi connectivity index (χ0n) is 18.2. The van der Waals surface area contributed by atoms with Gasteiger partial charge in [-0.25, -0.2) is 9.59 Å². The lowest BCUT2D eigenvalue weighted by molar-refractivity contribution is -0.116. The Hall–Kier alpha value is -3.84. The first-order valence-electron chi connectivity index (χ1n) is 10.9. The van der Waals surface area contributed by atoms with Crippen LogP contribution in [0.15, 0.2) is 66.7 Å². The summed E-state index contributed by atoms with van der Waals surface area (Å²) in [6.45, 7) is 0.464. The van der Waals surface area contributed by atoms with Gasteiger partial charge in [-0.2, -0.15) is 0 Å². The number of alkyl carbamates (subject to hydrolysis) is 1. The van der Waals surface area contributed by atoms with Gasteiger partial charge in [0.2, 0.25) is 5.91 Å². The second kappa shape index (κ2) is 10.4. The molecule has 0 aliphatic heterocycles. The zero-order valence-corrected chi connectivity index (χ0v) is 19.0. The molecule has 0 atom stereocenters. The number of carboxylic acids is 1. The Kier molecular flexibility index (Phi) is 7.13. The van der Waals surface area contributed by atoms with E-state index in [0.717, 1.165) is 22.3 Å². The third kappa shape index (κ3) is 5.21. The van der Waals surface area contributed by atoms with E-state index in [2.05, 4.69) is 34.9 Å². The largest absolute Gasteiger partial charge is 0.478 e. The third-order valence-corrected chi connectivity index (χ3v) is 5.91. The molecule has 3 N–H and O–H groups in total. The number of anilines is 1. The summed E-state index contributed by atoms with van der Waals surface area (Å²) in [5.41, 5.74) is 4.67. The number of carbonyl (C=O) groups is 3. The Morgan fingerprint density at radius 2 is 1.59 bits per heavy atom. The molecule has 7 nitrogen and oxygen atoms in total. The number of nitrogens with one attached hydrogen (secondary N) is 2. The number of amides is 2. The van der Waals surface area contributed by atoms with Crippen LogP contribution in [0.1, 0.15) is 40.2 Å². The van der Waals surface area contributed by atoms with Crippen molar-refractivity contribution in [3.63, 3.8) is 0 Å². The van der Waals surface area contributed by atoms with E-state index in [1.807, 2.05) is 24.3 Å². The molecule has 0 saturated carbocycles. The van der Waals surface area contributed by atoms with Crippen LogP contribution in [0, 0.1) is 0 Å². The highest BCUT2D eigenvalue weighted by Crippen LogP contribution is 2.44. The van der Waals surface area contributed by atoms with Crippen molar-refractivity contribution in [2.75, 3.05) is 18.5 Å². The summed E-state index contributed by atoms with van der Waals surface area (Å²) in [5, 5.41) is 14.7. The lowest BCUT2D eigenvalue weighted by atomic mass is 9.98. The quantitative estimate of drug-likeness (QED) is 0.381. The number of carboxylic acid groups (broad SMARTS) is 1. The summed E-state index contributed by atoms with van der Waals surface area (Å²) in [7, 11) is 0. The van der Waals surface area contributed by atoms with Crippen LogP contribution in [-0.4, -0.2) is 36.2 Å². The predicted octanol–water partition coefficient (Wildman–Crippen LogP) is 5.30. The van der Waals surface area contributed by atoms with Crippen LogP contribution in [0.3, 0.4) is 0 Å². The minimum atomic E-state index is -1.19. The van der Waals surface area contributed by atoms with E-state index in [-0.39, 0.29) is 47.7 Å². The van der Waals surface area contributed by atoms with E-state index in [1.165, 1.54) is 18.2 Å². The smallest absolute Gasteiger partial charge is 0.407 e. The van der Waals surface area contributed by atoms with Gasteiger partial charge in [-0.1, -0.05) is 60.1 Å². The van der Waals surface area contributed by atoms with E-state index in [0.29, 0.717) is 6.42 Å². The van der Waals surface area contributed by atoms with Gasteiger partial charge in [0.25, 0.3) is 0 Å². The highest BCUT2D eigenvalue weighted by molar-refractivity contribution is 6.31. The van der Waals surface area contributed by atoms with Crippen LogP contribution < -0.4 is 10.6 Å². The lowest BCUT2D eigenvalue weighted by Gasteiger charge is -2.14. The average Bonchev–Trinajstić information content (AvgIpc) is 3.15. The van der Waals surface area contributed by atoms with Crippen LogP contribution in [0.25, 0.3) is 11.1 Å². The topological polar surface area (TPSA) is 105 Å². The molecule has 0 heterocycles. The first-order valence-corrected chi connectivity index (χ1v) is 11.2. The standard InChI is InChI=1S/C26H23ClN2O5/c27-16-11-12-23(21(14-16)25(31)32)29-24(30)10-5-13-28-26(33)34-15-22-19-8-3-1-6-17(19)18-7-2-4-9-20(18)22/h1-4,6-9,11-12,14,22H,5,10,13,15H2,(H,28,33)(H,29,30)(H,31,32). The Balaban J connectivity index is 1.23. The van der Waals surface area contributed by atoms with E-state index in [1.54, 1.807) is 0 Å². The number of rotatable bonds is 8. The van der Waals surface area contributed by atoms with Crippen molar-refractivity contribution in [2.24, 2.45) is 0 Å². The molecule has 174 valence electrons. The molecule has 2 amide bonds. The molecular formula is C26H23ClN2O5. The molecule has 0 aromatic heterocycles. The van der Waals surface area contributed by atoms with Gasteiger partial charge in [0.05, 0.1) is 11.3 Å². The molecule has 0 bridgehead atoms. The summed E-state index contributed by atoms with van der Waals surface area (Å²) < 4.78 is 5.47. The summed E-state index contributed by atoms with van der Waals surface area (Å²) in [4.78, 5) is 35.7. The van der Waals surface area contributed by atoms with Crippen molar-refractivity contribution in [1.82, 2.24) is 5.32 Å². The summed E-state index contributed by atoms with van der Waals surface area (Å²) >= 11 is 5.82. The molecule has 4 rings (SSSR count). The van der Waals surface area contributed by atoms with E-state index >= 15 is 0 Å². The van der Waals surface area contributed by atoms with Crippen molar-refractivity contribution in [2.45, 2.75) is 18.8 Å². The second-order valence-corrected chi connectivity index (χ2v) is 8.34. The molecular weight excluding hydrogens is 456 g/mol. The molecule has 8 heteroatoms. The molecule has 3 aromatic carbocycles. The Labute approximate surface area is 201 Å². The molecule has 0 saturated heterocycles. The summed E-state index contributed by atoms with van der Waals surface area (Å²) in [6, 6.07) is 20.4. The minimum Gasteiger partial charge on any atom is -0.478 e. The highest BCUT2D eigenvalue weighted by Gasteiger charge is 2.28. The molecule has 1 aliphatic carbocycles. The number of hydrogen-bond donors (Lipinski definition) is 3. The molecule has 3 aromatic rings. The predicted molar refractivity (Wildman–Crippen MR) is 129 cm³/mol. The van der Waals surface area contributed by atoms with Crippen LogP contribution in [-0.2, 0) is 9.53 Å². The van der Waals surface area contributed by atoms with Crippen LogP contribution in [0.2, 0.25) is 5.02 Å². The van der Waals surface area contributed by atoms with Crippen molar-refractivity contribution >= 4 is 35.3 Å². The van der Waals surface area contributed by atoms with Crippen molar-refractivity contribution < 1.29 is 24.2 Å². The minimum absolute atomic E-state index is 0.0215. The van der Waals surface area contributed by atoms with Crippen LogP contribution >= 0.6 is 11.6 Å². The molecule has 0 radical (unpaired) electrons. The second-order valence-electron chi connectivity index (χ2n) is 7.90. The van der Waals surface area contributed by atoms with Crippen molar-refractivity contribution in [3.8, 4) is 11.1 Å². The van der Waals surface area contributed by atoms with E-state index in [4.69, 9.17) is 16.3 Å². The monoisotopic (exact) mass is 478 g/mol. The van der Waals surface area contributed by atoms with Gasteiger partial charge in [-0.3, -0.25) is 4.79 Å². The van der Waals surface area contributed by atoms with Gasteiger partial charge in [0.1, 0.15) is 6.61 Å². The van der Waals surface area contributed by atoms with Crippen molar-refractivity contribution in [1.29, 1.82) is 0 Å². The summed E-state index contributed by atoms with van der Waals surface area (Å²) in [6.07, 6.45) is -0.0784. The van der Waals surface area contributed by atoms with Gasteiger partial charge in [0, 0.05) is 23.9 Å². The Morgan fingerprint density at radius 3 is 2.24 bits per heavy atom. The number of halogens is 1. The van der Waals surface area contributed by atoms with Gasteiger partial charge < -0.3 is 20.5 Å². The summed E-state index contributed by atoms with van der Waals surface area (Å²) in [5.74, 6) is -1.57. The molecule has 0 unspecified atom stereocenters. The molecule has 0 spiro atoms. The fraction of sp³-hybridized carbons (Fsp3) is 0.192. The molecule has 34 heavy (non-hydrogen) atoms. The number of hydrogen-bond acceptors (Lipinski definition) is 4. The van der Waals surface area contributed by atoms with Gasteiger partial charge in [0.15, 0.2) is 0 Å². The molecule has 0 fully saturated rings. The first-order chi connectivity index (χ1) is 16.4. The van der Waals surface area contributed by atoms with Gasteiger partial charge in [-0.05, 0) is 46.9 Å². The first kappa shape index (κ1) is 23.3. The Morgan fingerprint density at radius 1 is 0.941 bits per heavy atom. The number of fused-ring (bicyclic) bond motifs is 3. The van der Waals surface area contributed by atoms with Gasteiger partial charge >= 0.3 is 12.1 Å². The van der Waals surface area contributed by atoms with E-state index < -0.39 is 12.1 Å². The third-order valence-electron chi connectivity index (χ3n) is 5.68. The SMILES string of the molecule is O=C(CCCNC(=O)OCC1c2ccccc2-c2ccccc21)Nc1ccc(Cl)cc1C(=O)O. The fourth-order valence-corrected chi connectivity index (χ4v) is 4.28. The van der Waals surface area contributed by atoms with Crippen LogP contribution in [0.5, 0.6) is 0 Å². The van der Waals surface area contributed by atoms with Gasteiger partial charge in [-0.15, -0.1) is 0 Å². The zero-order chi connectivity index (χ0) is 24.1. The van der Waals surface area contributed by atoms with Crippen LogP contribution in [0.4, 0.5) is 10.5 Å². The highest BCUT2D eigenvalue weighted by atomic mass is 35.5. The Bertz CT molecular complexity index is 1200. The maximum atomic E-state index is 12.2. The maximum Gasteiger partial charge on any atom is 0.407 e. The normalized spacial score (nSPS) is 11.9. The lowest BCUT2D eigenvalue weighted by Crippen LogP contribution is -2.27. The number of carbonyl (C=O) groups excluding carboxylic acids is 2. The average molecular weight is 479 g/mol. The molecule has 1 aliphatic rings. The number of aromatic carboxylic acids is 1. The number of benzene rings is 3. The number of ether oxygens (including phenoxy) is 1. The maximum absolute atomic E-state index is 12.2. The fourth-order valence-electron chi connectivity index (χ4n) is 4.10.